The Labute approximate surface area is 224 Å². The zero-order valence-electron chi connectivity index (χ0n) is 22.5. The summed E-state index contributed by atoms with van der Waals surface area (Å²) in [6.45, 7) is 2.53. The number of nitrogens with one attached hydrogen (secondary N) is 1. The zero-order chi connectivity index (χ0) is 26.1. The van der Waals surface area contributed by atoms with E-state index in [9.17, 15) is 13.2 Å². The van der Waals surface area contributed by atoms with E-state index in [1.54, 1.807) is 0 Å². The quantitative estimate of drug-likeness (QED) is 0.458. The lowest BCUT2D eigenvalue weighted by Gasteiger charge is -2.39. The van der Waals surface area contributed by atoms with Gasteiger partial charge in [-0.05, 0) is 48.9 Å². The molecule has 7 nitrogen and oxygen atoms in total. The second-order valence-electron chi connectivity index (χ2n) is 11.5. The normalized spacial score (nSPS) is 26.6. The monoisotopic (exact) mass is 533 g/mol. The molecule has 2 unspecified atom stereocenters. The average Bonchev–Trinajstić information content (AvgIpc) is 3.11. The highest BCUT2D eigenvalue weighted by molar-refractivity contribution is 7.90. The van der Waals surface area contributed by atoms with Crippen LogP contribution in [-0.2, 0) is 10.2 Å². The summed E-state index contributed by atoms with van der Waals surface area (Å²) >= 11 is 0. The second kappa shape index (κ2) is 13.9. The maximum Gasteiger partial charge on any atom is 0.335 e. The highest BCUT2D eigenvalue weighted by Gasteiger charge is 2.31. The molecule has 2 N–H and O–H groups in total. The van der Waals surface area contributed by atoms with E-state index in [0.717, 1.165) is 24.9 Å². The summed E-state index contributed by atoms with van der Waals surface area (Å²) in [7, 11) is -3.66. The van der Waals surface area contributed by atoms with Gasteiger partial charge in [-0.25, -0.2) is 4.79 Å². The summed E-state index contributed by atoms with van der Waals surface area (Å²) in [6.07, 6.45) is 20.7. The molecule has 4 rings (SSSR count). The number of carbonyl (C=O) groups is 1. The van der Waals surface area contributed by atoms with Gasteiger partial charge in [0, 0.05) is 37.9 Å². The minimum atomic E-state index is -3.66. The van der Waals surface area contributed by atoms with Crippen LogP contribution in [0.15, 0.2) is 24.3 Å². The Morgan fingerprint density at radius 3 is 1.78 bits per heavy atom. The average molecular weight is 534 g/mol. The molecule has 1 saturated heterocycles. The summed E-state index contributed by atoms with van der Waals surface area (Å²) < 4.78 is 30.0. The summed E-state index contributed by atoms with van der Waals surface area (Å²) in [5.41, 5.74) is 0.524. The van der Waals surface area contributed by atoms with E-state index in [2.05, 4.69) is 9.62 Å². The van der Waals surface area contributed by atoms with Crippen molar-refractivity contribution >= 4 is 21.9 Å². The van der Waals surface area contributed by atoms with Gasteiger partial charge < -0.3 is 5.11 Å². The standard InChI is InChI=1S/C29H47N3O4S/c33-29(34)26-16-18-27(19-17-26)30-37(35,36)32-22-20-31(21-23-32)28-14-8-7-12-25(13-9-15-28)24-10-5-3-1-2-4-6-11-24/h16-19,24-25,28,30H,1-15,20-23H2,(H,33,34). The third-order valence-electron chi connectivity index (χ3n) is 9.05. The van der Waals surface area contributed by atoms with Crippen LogP contribution in [0.2, 0.25) is 0 Å². The Kier molecular flexibility index (Phi) is 10.7. The number of hydrogen-bond acceptors (Lipinski definition) is 4. The van der Waals surface area contributed by atoms with Crippen molar-refractivity contribution in [3.8, 4) is 0 Å². The number of carboxylic acid groups (broad SMARTS) is 1. The molecule has 1 aromatic carbocycles. The first kappa shape index (κ1) is 28.4. The molecular weight excluding hydrogens is 486 g/mol. The lowest BCUT2D eigenvalue weighted by Crippen LogP contribution is -2.53. The molecule has 37 heavy (non-hydrogen) atoms. The molecule has 2 atom stereocenters. The van der Waals surface area contributed by atoms with Crippen molar-refractivity contribution in [1.82, 2.24) is 9.21 Å². The van der Waals surface area contributed by atoms with Crippen LogP contribution < -0.4 is 4.72 Å². The van der Waals surface area contributed by atoms with E-state index in [1.807, 2.05) is 0 Å². The lowest BCUT2D eigenvalue weighted by atomic mass is 9.79. The van der Waals surface area contributed by atoms with Crippen molar-refractivity contribution in [3.63, 3.8) is 0 Å². The van der Waals surface area contributed by atoms with Crippen molar-refractivity contribution in [1.29, 1.82) is 0 Å². The lowest BCUT2D eigenvalue weighted by molar-refractivity contribution is 0.0697. The number of nitrogens with zero attached hydrogens (tertiary/aromatic N) is 2. The summed E-state index contributed by atoms with van der Waals surface area (Å²) in [6, 6.07) is 6.40. The van der Waals surface area contributed by atoms with Crippen molar-refractivity contribution in [2.45, 2.75) is 102 Å². The maximum absolute atomic E-state index is 12.9. The van der Waals surface area contributed by atoms with Gasteiger partial charge in [-0.15, -0.1) is 0 Å². The smallest absolute Gasteiger partial charge is 0.335 e. The maximum atomic E-state index is 12.9. The zero-order valence-corrected chi connectivity index (χ0v) is 23.3. The van der Waals surface area contributed by atoms with Gasteiger partial charge in [0.25, 0.3) is 0 Å². The molecule has 208 valence electrons. The van der Waals surface area contributed by atoms with Crippen molar-refractivity contribution < 1.29 is 18.3 Å². The van der Waals surface area contributed by atoms with Crippen molar-refractivity contribution in [2.24, 2.45) is 11.8 Å². The first-order valence-corrected chi connectivity index (χ1v) is 16.2. The molecule has 2 saturated carbocycles. The third kappa shape index (κ3) is 8.42. The number of benzene rings is 1. The van der Waals surface area contributed by atoms with Crippen LogP contribution in [0.3, 0.4) is 0 Å². The molecular formula is C29H47N3O4S. The van der Waals surface area contributed by atoms with Gasteiger partial charge in [-0.2, -0.15) is 12.7 Å². The fourth-order valence-corrected chi connectivity index (χ4v) is 8.07. The van der Waals surface area contributed by atoms with Gasteiger partial charge >= 0.3 is 16.2 Å². The summed E-state index contributed by atoms with van der Waals surface area (Å²) in [5, 5.41) is 9.04. The van der Waals surface area contributed by atoms with Crippen LogP contribution in [0.4, 0.5) is 5.69 Å². The van der Waals surface area contributed by atoms with E-state index in [0.29, 0.717) is 24.8 Å². The molecule has 0 bridgehead atoms. The number of aromatic carboxylic acids is 1. The topological polar surface area (TPSA) is 89.9 Å². The minimum absolute atomic E-state index is 0.137. The molecule has 2 aliphatic carbocycles. The Balaban J connectivity index is 1.25. The van der Waals surface area contributed by atoms with Crippen LogP contribution in [0.5, 0.6) is 0 Å². The SMILES string of the molecule is O=C(O)c1ccc(NS(=O)(=O)N2CCN(C3CCCCC(C4CCCCCCCC4)CCC3)CC2)cc1. The van der Waals surface area contributed by atoms with Crippen LogP contribution in [0.1, 0.15) is 107 Å². The molecule has 0 radical (unpaired) electrons. The van der Waals surface area contributed by atoms with E-state index < -0.39 is 16.2 Å². The van der Waals surface area contributed by atoms with Gasteiger partial charge in [-0.3, -0.25) is 9.62 Å². The number of piperazine rings is 1. The molecule has 3 aliphatic rings. The summed E-state index contributed by atoms with van der Waals surface area (Å²) in [5.74, 6) is 0.826. The molecule has 1 aromatic rings. The Hall–Kier alpha value is -1.64. The fourth-order valence-electron chi connectivity index (χ4n) is 6.87. The van der Waals surface area contributed by atoms with E-state index in [1.165, 1.54) is 125 Å². The first-order valence-electron chi connectivity index (χ1n) is 14.8. The number of hydrogen-bond donors (Lipinski definition) is 2. The van der Waals surface area contributed by atoms with Crippen LogP contribution >= 0.6 is 0 Å². The molecule has 0 spiro atoms. The van der Waals surface area contributed by atoms with Gasteiger partial charge in [0.1, 0.15) is 0 Å². The van der Waals surface area contributed by atoms with E-state index in [-0.39, 0.29) is 5.56 Å². The molecule has 1 aliphatic heterocycles. The van der Waals surface area contributed by atoms with Crippen LogP contribution in [-0.4, -0.2) is 60.9 Å². The van der Waals surface area contributed by atoms with Gasteiger partial charge in [0.05, 0.1) is 5.56 Å². The van der Waals surface area contributed by atoms with Gasteiger partial charge in [0.15, 0.2) is 0 Å². The Bertz CT molecular complexity index is 934. The molecule has 8 heteroatoms. The highest BCUT2D eigenvalue weighted by Crippen LogP contribution is 2.36. The van der Waals surface area contributed by atoms with Gasteiger partial charge in [0.2, 0.25) is 0 Å². The first-order chi connectivity index (χ1) is 17.9. The van der Waals surface area contributed by atoms with E-state index in [4.69, 9.17) is 5.11 Å². The highest BCUT2D eigenvalue weighted by atomic mass is 32.2. The Morgan fingerprint density at radius 1 is 0.703 bits per heavy atom. The number of rotatable bonds is 6. The molecule has 3 fully saturated rings. The third-order valence-corrected chi connectivity index (χ3v) is 10.6. The fraction of sp³-hybridized carbons (Fsp3) is 0.759. The van der Waals surface area contributed by atoms with Gasteiger partial charge in [-0.1, -0.05) is 83.5 Å². The van der Waals surface area contributed by atoms with E-state index >= 15 is 0 Å². The predicted octanol–water partition coefficient (Wildman–Crippen LogP) is 6.14. The largest absolute Gasteiger partial charge is 0.478 e. The van der Waals surface area contributed by atoms with Crippen molar-refractivity contribution in [3.05, 3.63) is 29.8 Å². The number of carboxylic acids is 1. The minimum Gasteiger partial charge on any atom is -0.478 e. The van der Waals surface area contributed by atoms with Crippen LogP contribution in [0.25, 0.3) is 0 Å². The van der Waals surface area contributed by atoms with Crippen LogP contribution in [0, 0.1) is 11.8 Å². The molecule has 0 aromatic heterocycles. The Morgan fingerprint density at radius 2 is 1.19 bits per heavy atom. The second-order valence-corrected chi connectivity index (χ2v) is 13.2. The number of anilines is 1. The summed E-state index contributed by atoms with van der Waals surface area (Å²) in [4.78, 5) is 13.6. The predicted molar refractivity (Wildman–Crippen MR) is 149 cm³/mol. The van der Waals surface area contributed by atoms with Crippen molar-refractivity contribution in [2.75, 3.05) is 30.9 Å². The molecule has 0 amide bonds. The molecule has 1 heterocycles.